The van der Waals surface area contributed by atoms with E-state index in [-0.39, 0.29) is 6.09 Å². The Morgan fingerprint density at radius 2 is 2.00 bits per heavy atom. The summed E-state index contributed by atoms with van der Waals surface area (Å²) >= 11 is 0. The highest BCUT2D eigenvalue weighted by atomic mass is 16.6. The smallest absolute Gasteiger partial charge is 0.410 e. The van der Waals surface area contributed by atoms with E-state index in [1.807, 2.05) is 25.7 Å². The molecule has 1 saturated carbocycles. The minimum atomic E-state index is -0.401. The number of hydrogen-bond donors (Lipinski definition) is 1. The van der Waals surface area contributed by atoms with Crippen molar-refractivity contribution in [2.24, 2.45) is 17.1 Å². The van der Waals surface area contributed by atoms with E-state index in [4.69, 9.17) is 10.5 Å². The van der Waals surface area contributed by atoms with Gasteiger partial charge in [0.2, 0.25) is 0 Å². The van der Waals surface area contributed by atoms with Gasteiger partial charge in [0.25, 0.3) is 0 Å². The molecule has 0 aromatic rings. The van der Waals surface area contributed by atoms with Crippen molar-refractivity contribution in [2.45, 2.75) is 58.6 Å². The number of ether oxygens (including phenoxy) is 1. The third-order valence-corrected chi connectivity index (χ3v) is 4.20. The first-order valence-corrected chi connectivity index (χ1v) is 6.94. The lowest BCUT2D eigenvalue weighted by molar-refractivity contribution is -0.0590. The fourth-order valence-corrected chi connectivity index (χ4v) is 3.20. The molecule has 0 aromatic carbocycles. The summed E-state index contributed by atoms with van der Waals surface area (Å²) in [5, 5.41) is 0. The summed E-state index contributed by atoms with van der Waals surface area (Å²) in [5.41, 5.74) is 5.98. The monoisotopic (exact) mass is 254 g/mol. The van der Waals surface area contributed by atoms with Crippen molar-refractivity contribution in [3.05, 3.63) is 0 Å². The molecule has 18 heavy (non-hydrogen) atoms. The van der Waals surface area contributed by atoms with Crippen LogP contribution in [0.2, 0.25) is 0 Å². The number of nitrogens with two attached hydrogens (primary N) is 1. The molecule has 0 aromatic heterocycles. The molecule has 4 nitrogen and oxygen atoms in total. The summed E-state index contributed by atoms with van der Waals surface area (Å²) in [7, 11) is 0. The van der Waals surface area contributed by atoms with Gasteiger partial charge in [0, 0.05) is 24.5 Å². The van der Waals surface area contributed by atoms with Crippen LogP contribution in [0.4, 0.5) is 4.79 Å². The van der Waals surface area contributed by atoms with Gasteiger partial charge >= 0.3 is 6.09 Å². The summed E-state index contributed by atoms with van der Waals surface area (Å²) in [5.74, 6) is 0.569. The van der Waals surface area contributed by atoms with Gasteiger partial charge in [0.05, 0.1) is 0 Å². The maximum Gasteiger partial charge on any atom is 0.410 e. The molecule has 2 aliphatic rings. The molecule has 104 valence electrons. The predicted molar refractivity (Wildman–Crippen MR) is 71.2 cm³/mol. The molecule has 2 N–H and O–H groups in total. The topological polar surface area (TPSA) is 55.6 Å². The zero-order chi connectivity index (χ0) is 13.6. The van der Waals surface area contributed by atoms with Crippen molar-refractivity contribution in [1.82, 2.24) is 4.90 Å². The van der Waals surface area contributed by atoms with Crippen LogP contribution in [0.5, 0.6) is 0 Å². The fourth-order valence-electron chi connectivity index (χ4n) is 3.20. The quantitative estimate of drug-likeness (QED) is 0.722. The summed E-state index contributed by atoms with van der Waals surface area (Å²) in [6.45, 7) is 9.63. The minimum absolute atomic E-state index is 0.171. The largest absolute Gasteiger partial charge is 0.444 e. The maximum atomic E-state index is 11.9. The van der Waals surface area contributed by atoms with Crippen LogP contribution < -0.4 is 5.73 Å². The molecule has 1 saturated heterocycles. The average molecular weight is 254 g/mol. The third kappa shape index (κ3) is 2.79. The molecule has 4 heteroatoms. The minimum Gasteiger partial charge on any atom is -0.444 e. The number of amides is 1. The molecule has 1 aliphatic carbocycles. The van der Waals surface area contributed by atoms with Crippen molar-refractivity contribution in [3.8, 4) is 0 Å². The molecular formula is C14H26N2O2. The van der Waals surface area contributed by atoms with Crippen LogP contribution in [0, 0.1) is 11.3 Å². The van der Waals surface area contributed by atoms with E-state index in [0.717, 1.165) is 32.4 Å². The van der Waals surface area contributed by atoms with E-state index in [1.165, 1.54) is 0 Å². The maximum absolute atomic E-state index is 11.9. The Bertz CT molecular complexity index is 329. The average Bonchev–Trinajstić information content (AvgIpc) is 2.16. The van der Waals surface area contributed by atoms with Gasteiger partial charge in [-0.25, -0.2) is 4.79 Å². The first kappa shape index (κ1) is 13.7. The third-order valence-electron chi connectivity index (χ3n) is 4.20. The second kappa shape index (κ2) is 4.41. The summed E-state index contributed by atoms with van der Waals surface area (Å²) < 4.78 is 5.39. The normalized spacial score (nSPS) is 31.1. The Labute approximate surface area is 110 Å². The van der Waals surface area contributed by atoms with E-state index in [9.17, 15) is 4.79 Å². The van der Waals surface area contributed by atoms with E-state index in [0.29, 0.717) is 17.4 Å². The number of rotatable bonds is 0. The number of carbonyl (C=O) groups is 1. The second-order valence-corrected chi connectivity index (χ2v) is 7.22. The summed E-state index contributed by atoms with van der Waals surface area (Å²) in [6.07, 6.45) is 3.21. The number of hydrogen-bond acceptors (Lipinski definition) is 3. The lowest BCUT2D eigenvalue weighted by Gasteiger charge is -2.54. The standard InChI is InChI=1S/C14H26N2O2/c1-10-7-14(6-5-11(10)15)8-16(9-14)12(17)18-13(2,3)4/h10-11H,5-9,15H2,1-4H3. The van der Waals surface area contributed by atoms with Crippen molar-refractivity contribution in [3.63, 3.8) is 0 Å². The molecule has 1 amide bonds. The first-order valence-electron chi connectivity index (χ1n) is 6.94. The molecule has 1 aliphatic heterocycles. The van der Waals surface area contributed by atoms with E-state index < -0.39 is 5.60 Å². The predicted octanol–water partition coefficient (Wildman–Crippen LogP) is 2.37. The van der Waals surface area contributed by atoms with Gasteiger partial charge in [-0.3, -0.25) is 0 Å². The lowest BCUT2D eigenvalue weighted by Crippen LogP contribution is -2.62. The number of nitrogens with zero attached hydrogens (tertiary/aromatic N) is 1. The van der Waals surface area contributed by atoms with Gasteiger partial charge < -0.3 is 15.4 Å². The Balaban J connectivity index is 1.85. The van der Waals surface area contributed by atoms with Crippen LogP contribution in [0.15, 0.2) is 0 Å². The van der Waals surface area contributed by atoms with Gasteiger partial charge in [-0.2, -0.15) is 0 Å². The molecule has 0 bridgehead atoms. The van der Waals surface area contributed by atoms with Crippen LogP contribution in [-0.2, 0) is 4.74 Å². The van der Waals surface area contributed by atoms with Gasteiger partial charge in [0.1, 0.15) is 5.60 Å². The Morgan fingerprint density at radius 3 is 2.50 bits per heavy atom. The Kier molecular flexibility index (Phi) is 3.34. The molecule has 1 heterocycles. The van der Waals surface area contributed by atoms with Gasteiger partial charge in [-0.1, -0.05) is 6.92 Å². The van der Waals surface area contributed by atoms with Gasteiger partial charge in [0.15, 0.2) is 0 Å². The number of carbonyl (C=O) groups excluding carboxylic acids is 1. The summed E-state index contributed by atoms with van der Waals surface area (Å²) in [6, 6.07) is 0.339. The van der Waals surface area contributed by atoms with Crippen LogP contribution in [0.3, 0.4) is 0 Å². The SMILES string of the molecule is CC1CC2(CCC1N)CN(C(=O)OC(C)(C)C)C2. The summed E-state index contributed by atoms with van der Waals surface area (Å²) in [4.78, 5) is 13.7. The van der Waals surface area contributed by atoms with Crippen LogP contribution in [0.25, 0.3) is 0 Å². The molecular weight excluding hydrogens is 228 g/mol. The van der Waals surface area contributed by atoms with Crippen molar-refractivity contribution in [2.75, 3.05) is 13.1 Å². The highest BCUT2D eigenvalue weighted by Crippen LogP contribution is 2.45. The Morgan fingerprint density at radius 1 is 1.39 bits per heavy atom. The Hall–Kier alpha value is -0.770. The zero-order valence-corrected chi connectivity index (χ0v) is 12.0. The zero-order valence-electron chi connectivity index (χ0n) is 12.0. The van der Waals surface area contributed by atoms with Crippen LogP contribution in [0.1, 0.15) is 47.0 Å². The highest BCUT2D eigenvalue weighted by Gasteiger charge is 2.49. The molecule has 1 spiro atoms. The molecule has 2 unspecified atom stereocenters. The van der Waals surface area contributed by atoms with Crippen molar-refractivity contribution < 1.29 is 9.53 Å². The molecule has 0 radical (unpaired) electrons. The number of likely N-dealkylation sites (tertiary alicyclic amines) is 1. The molecule has 2 fully saturated rings. The van der Waals surface area contributed by atoms with E-state index in [1.54, 1.807) is 0 Å². The lowest BCUT2D eigenvalue weighted by atomic mass is 9.64. The van der Waals surface area contributed by atoms with Crippen LogP contribution in [-0.4, -0.2) is 35.7 Å². The van der Waals surface area contributed by atoms with E-state index >= 15 is 0 Å². The molecule has 2 rings (SSSR count). The first-order chi connectivity index (χ1) is 8.21. The van der Waals surface area contributed by atoms with Crippen molar-refractivity contribution in [1.29, 1.82) is 0 Å². The van der Waals surface area contributed by atoms with E-state index in [2.05, 4.69) is 6.92 Å². The van der Waals surface area contributed by atoms with Gasteiger partial charge in [-0.05, 0) is 46.0 Å². The second-order valence-electron chi connectivity index (χ2n) is 7.22. The fraction of sp³-hybridized carbons (Fsp3) is 0.929. The highest BCUT2D eigenvalue weighted by molar-refractivity contribution is 5.69. The van der Waals surface area contributed by atoms with Crippen LogP contribution >= 0.6 is 0 Å². The van der Waals surface area contributed by atoms with Gasteiger partial charge in [-0.15, -0.1) is 0 Å². The molecule has 2 atom stereocenters. The van der Waals surface area contributed by atoms with Crippen molar-refractivity contribution >= 4 is 6.09 Å².